The van der Waals surface area contributed by atoms with Crippen LogP contribution in [0.15, 0.2) is 6.07 Å². The molecule has 1 atom stereocenters. The Bertz CT molecular complexity index is 648. The van der Waals surface area contributed by atoms with Gasteiger partial charge in [0.2, 0.25) is 0 Å². The molecular formula is C14H20N4O2. The highest BCUT2D eigenvalue weighted by Crippen LogP contribution is 2.19. The maximum absolute atomic E-state index is 12.3. The molecule has 0 saturated carbocycles. The van der Waals surface area contributed by atoms with Crippen LogP contribution in [0.2, 0.25) is 0 Å². The van der Waals surface area contributed by atoms with Gasteiger partial charge in [0, 0.05) is 25.6 Å². The summed E-state index contributed by atoms with van der Waals surface area (Å²) in [7, 11) is 3.46. The van der Waals surface area contributed by atoms with Crippen LogP contribution in [0.3, 0.4) is 0 Å². The number of carbonyl (C=O) groups excluding carboxylic acids is 1. The number of pyridine rings is 1. The number of hydrogen-bond donors (Lipinski definition) is 1. The first-order chi connectivity index (χ1) is 9.43. The fourth-order valence-corrected chi connectivity index (χ4v) is 2.25. The average Bonchev–Trinajstić information content (AvgIpc) is 2.63. The number of methoxy groups -OCH3 is 1. The average molecular weight is 276 g/mol. The Labute approximate surface area is 118 Å². The van der Waals surface area contributed by atoms with E-state index >= 15 is 0 Å². The molecule has 6 nitrogen and oxygen atoms in total. The molecule has 1 amide bonds. The highest BCUT2D eigenvalue weighted by Gasteiger charge is 2.16. The van der Waals surface area contributed by atoms with E-state index < -0.39 is 0 Å². The molecule has 108 valence electrons. The first kappa shape index (κ1) is 14.5. The number of aromatic nitrogens is 3. The summed E-state index contributed by atoms with van der Waals surface area (Å²) in [6.45, 7) is 6.12. The van der Waals surface area contributed by atoms with Crippen molar-refractivity contribution in [3.05, 3.63) is 23.0 Å². The van der Waals surface area contributed by atoms with Gasteiger partial charge in [-0.3, -0.25) is 9.48 Å². The molecule has 0 unspecified atom stereocenters. The van der Waals surface area contributed by atoms with Gasteiger partial charge in [-0.25, -0.2) is 4.98 Å². The van der Waals surface area contributed by atoms with E-state index in [1.54, 1.807) is 11.8 Å². The first-order valence-corrected chi connectivity index (χ1v) is 6.54. The first-order valence-electron chi connectivity index (χ1n) is 6.54. The monoisotopic (exact) mass is 276 g/mol. The standard InChI is InChI=1S/C14H20N4O2/c1-8(7-20-5)15-14(19)12-6-11-10(3)17-18(4)13(11)16-9(12)2/h6,8H,7H2,1-5H3,(H,15,19)/t8-/m1/s1. The van der Waals surface area contributed by atoms with Gasteiger partial charge in [0.05, 0.1) is 23.6 Å². The third-order valence-corrected chi connectivity index (χ3v) is 3.23. The van der Waals surface area contributed by atoms with E-state index in [-0.39, 0.29) is 11.9 Å². The summed E-state index contributed by atoms with van der Waals surface area (Å²) >= 11 is 0. The van der Waals surface area contributed by atoms with Gasteiger partial charge in [0.15, 0.2) is 5.65 Å². The highest BCUT2D eigenvalue weighted by molar-refractivity contribution is 5.98. The number of aryl methyl sites for hydroxylation is 3. The normalized spacial score (nSPS) is 12.7. The number of rotatable bonds is 4. The topological polar surface area (TPSA) is 69.0 Å². The molecule has 0 bridgehead atoms. The van der Waals surface area contributed by atoms with E-state index in [0.717, 1.165) is 16.7 Å². The second kappa shape index (κ2) is 5.58. The zero-order chi connectivity index (χ0) is 14.9. The number of carbonyl (C=O) groups is 1. The van der Waals surface area contributed by atoms with Crippen molar-refractivity contribution in [1.29, 1.82) is 0 Å². The van der Waals surface area contributed by atoms with E-state index in [2.05, 4.69) is 15.4 Å². The van der Waals surface area contributed by atoms with Crippen molar-refractivity contribution in [2.45, 2.75) is 26.8 Å². The molecule has 0 fully saturated rings. The molecule has 6 heteroatoms. The van der Waals surface area contributed by atoms with E-state index in [1.165, 1.54) is 0 Å². The Balaban J connectivity index is 2.36. The molecule has 0 aliphatic rings. The summed E-state index contributed by atoms with van der Waals surface area (Å²) in [5.74, 6) is -0.135. The lowest BCUT2D eigenvalue weighted by Gasteiger charge is -2.13. The smallest absolute Gasteiger partial charge is 0.253 e. The molecule has 0 aliphatic heterocycles. The third kappa shape index (κ3) is 2.65. The fourth-order valence-electron chi connectivity index (χ4n) is 2.25. The van der Waals surface area contributed by atoms with Crippen molar-refractivity contribution in [2.75, 3.05) is 13.7 Å². The maximum Gasteiger partial charge on any atom is 0.253 e. The van der Waals surface area contributed by atoms with E-state index in [1.807, 2.05) is 33.9 Å². The van der Waals surface area contributed by atoms with Gasteiger partial charge in [0.25, 0.3) is 5.91 Å². The van der Waals surface area contributed by atoms with Crippen molar-refractivity contribution >= 4 is 16.9 Å². The largest absolute Gasteiger partial charge is 0.383 e. The Hall–Kier alpha value is -1.95. The number of nitrogens with one attached hydrogen (secondary N) is 1. The number of ether oxygens (including phenoxy) is 1. The van der Waals surface area contributed by atoms with Crippen molar-refractivity contribution in [3.8, 4) is 0 Å². The van der Waals surface area contributed by atoms with Gasteiger partial charge < -0.3 is 10.1 Å². The van der Waals surface area contributed by atoms with Crippen LogP contribution in [-0.2, 0) is 11.8 Å². The summed E-state index contributed by atoms with van der Waals surface area (Å²) in [5, 5.41) is 8.13. The van der Waals surface area contributed by atoms with Gasteiger partial charge in [0.1, 0.15) is 0 Å². The lowest BCUT2D eigenvalue weighted by Crippen LogP contribution is -2.36. The van der Waals surface area contributed by atoms with Crippen LogP contribution in [0.25, 0.3) is 11.0 Å². The second-order valence-electron chi connectivity index (χ2n) is 5.03. The Morgan fingerprint density at radius 2 is 2.15 bits per heavy atom. The van der Waals surface area contributed by atoms with Gasteiger partial charge in [-0.05, 0) is 26.8 Å². The number of hydrogen-bond acceptors (Lipinski definition) is 4. The Morgan fingerprint density at radius 3 is 2.80 bits per heavy atom. The zero-order valence-corrected chi connectivity index (χ0v) is 12.5. The third-order valence-electron chi connectivity index (χ3n) is 3.23. The lowest BCUT2D eigenvalue weighted by molar-refractivity contribution is 0.0904. The van der Waals surface area contributed by atoms with Crippen molar-refractivity contribution in [2.24, 2.45) is 7.05 Å². The number of fused-ring (bicyclic) bond motifs is 1. The van der Waals surface area contributed by atoms with Crippen LogP contribution in [0.1, 0.15) is 28.7 Å². The van der Waals surface area contributed by atoms with Crippen LogP contribution in [0, 0.1) is 13.8 Å². The van der Waals surface area contributed by atoms with Crippen molar-refractivity contribution in [1.82, 2.24) is 20.1 Å². The summed E-state index contributed by atoms with van der Waals surface area (Å²) < 4.78 is 6.75. The molecule has 0 aromatic carbocycles. The molecule has 2 aromatic heterocycles. The van der Waals surface area contributed by atoms with Gasteiger partial charge in [-0.1, -0.05) is 0 Å². The van der Waals surface area contributed by atoms with Crippen LogP contribution >= 0.6 is 0 Å². The fraction of sp³-hybridized carbons (Fsp3) is 0.500. The molecule has 1 N–H and O–H groups in total. The summed E-state index contributed by atoms with van der Waals surface area (Å²) in [6, 6.07) is 1.81. The SMILES string of the molecule is COC[C@@H](C)NC(=O)c1cc2c(C)nn(C)c2nc1C. The molecule has 0 radical (unpaired) electrons. The Morgan fingerprint density at radius 1 is 1.45 bits per heavy atom. The van der Waals surface area contributed by atoms with E-state index in [9.17, 15) is 4.79 Å². The van der Waals surface area contributed by atoms with Crippen molar-refractivity contribution < 1.29 is 9.53 Å². The van der Waals surface area contributed by atoms with Crippen LogP contribution < -0.4 is 5.32 Å². The lowest BCUT2D eigenvalue weighted by atomic mass is 10.1. The van der Waals surface area contributed by atoms with Crippen LogP contribution in [0.4, 0.5) is 0 Å². The molecule has 2 heterocycles. The maximum atomic E-state index is 12.3. The minimum absolute atomic E-state index is 0.0439. The van der Waals surface area contributed by atoms with Crippen LogP contribution in [-0.4, -0.2) is 40.4 Å². The number of nitrogens with zero attached hydrogens (tertiary/aromatic N) is 3. The van der Waals surface area contributed by atoms with E-state index in [4.69, 9.17) is 4.74 Å². The molecule has 2 aromatic rings. The van der Waals surface area contributed by atoms with Gasteiger partial charge in [-0.2, -0.15) is 5.10 Å². The minimum Gasteiger partial charge on any atom is -0.383 e. The summed E-state index contributed by atoms with van der Waals surface area (Å²) in [5.41, 5.74) is 2.94. The highest BCUT2D eigenvalue weighted by atomic mass is 16.5. The number of amides is 1. The minimum atomic E-state index is -0.135. The summed E-state index contributed by atoms with van der Waals surface area (Å²) in [4.78, 5) is 16.8. The Kier molecular flexibility index (Phi) is 4.04. The predicted molar refractivity (Wildman–Crippen MR) is 76.8 cm³/mol. The molecule has 0 spiro atoms. The van der Waals surface area contributed by atoms with Crippen molar-refractivity contribution in [3.63, 3.8) is 0 Å². The van der Waals surface area contributed by atoms with Gasteiger partial charge in [-0.15, -0.1) is 0 Å². The van der Waals surface area contributed by atoms with Gasteiger partial charge >= 0.3 is 0 Å². The molecular weight excluding hydrogens is 256 g/mol. The predicted octanol–water partition coefficient (Wildman–Crippen LogP) is 1.35. The zero-order valence-electron chi connectivity index (χ0n) is 12.5. The van der Waals surface area contributed by atoms with E-state index in [0.29, 0.717) is 17.9 Å². The quantitative estimate of drug-likeness (QED) is 0.915. The molecule has 2 rings (SSSR count). The molecule has 20 heavy (non-hydrogen) atoms. The second-order valence-corrected chi connectivity index (χ2v) is 5.03. The summed E-state index contributed by atoms with van der Waals surface area (Å²) in [6.07, 6.45) is 0. The molecule has 0 saturated heterocycles. The molecule has 0 aliphatic carbocycles. The van der Waals surface area contributed by atoms with Crippen LogP contribution in [0.5, 0.6) is 0 Å².